The van der Waals surface area contributed by atoms with Crippen molar-refractivity contribution < 1.29 is 14.3 Å². The molecule has 3 N–H and O–H groups in total. The molecule has 0 aliphatic carbocycles. The molecule has 0 fully saturated rings. The number of rotatable bonds is 7. The summed E-state index contributed by atoms with van der Waals surface area (Å²) < 4.78 is 12.6. The average molecular weight is 442 g/mol. The van der Waals surface area contributed by atoms with Gasteiger partial charge in [-0.05, 0) is 56.9 Å². The molecule has 0 bridgehead atoms. The third-order valence-corrected chi connectivity index (χ3v) is 4.56. The summed E-state index contributed by atoms with van der Waals surface area (Å²) in [6, 6.07) is 17.2. The van der Waals surface area contributed by atoms with Crippen molar-refractivity contribution in [1.29, 1.82) is 0 Å². The Labute approximate surface area is 171 Å². The second-order valence-electron chi connectivity index (χ2n) is 5.92. The maximum Gasteiger partial charge on any atom is 0.332 e. The number of carbonyl (C=O) groups excluding carboxylic acids is 1. The molecule has 3 aromatic rings. The Morgan fingerprint density at radius 1 is 1.18 bits per heavy atom. The van der Waals surface area contributed by atoms with Gasteiger partial charge in [-0.15, -0.1) is 0 Å². The minimum Gasteiger partial charge on any atom is -0.490 e. The van der Waals surface area contributed by atoms with Gasteiger partial charge in [0.15, 0.2) is 11.5 Å². The van der Waals surface area contributed by atoms with Crippen molar-refractivity contribution in [1.82, 2.24) is 5.43 Å². The van der Waals surface area contributed by atoms with Gasteiger partial charge in [0.1, 0.15) is 6.61 Å². The zero-order valence-corrected chi connectivity index (χ0v) is 16.9. The third kappa shape index (κ3) is 4.80. The molecule has 0 radical (unpaired) electrons. The lowest BCUT2D eigenvalue weighted by Gasteiger charge is -2.15. The SMILES string of the molecule is CCOc1cc(/C=N\NC(N)=O)cc(Br)c1OCc1cccc2ccccc12. The molecule has 0 aliphatic rings. The summed E-state index contributed by atoms with van der Waals surface area (Å²) in [6.07, 6.45) is 1.48. The van der Waals surface area contributed by atoms with Gasteiger partial charge in [0.25, 0.3) is 0 Å². The average Bonchev–Trinajstić information content (AvgIpc) is 2.67. The maximum absolute atomic E-state index is 10.7. The fourth-order valence-electron chi connectivity index (χ4n) is 2.80. The van der Waals surface area contributed by atoms with Gasteiger partial charge in [-0.1, -0.05) is 42.5 Å². The van der Waals surface area contributed by atoms with Crippen molar-refractivity contribution in [3.05, 3.63) is 70.2 Å². The minimum absolute atomic E-state index is 0.399. The number of ether oxygens (including phenoxy) is 2. The van der Waals surface area contributed by atoms with E-state index in [1.54, 1.807) is 6.07 Å². The third-order valence-electron chi connectivity index (χ3n) is 3.97. The van der Waals surface area contributed by atoms with Crippen LogP contribution in [-0.2, 0) is 6.61 Å². The fraction of sp³-hybridized carbons (Fsp3) is 0.143. The topological polar surface area (TPSA) is 85.9 Å². The monoisotopic (exact) mass is 441 g/mol. The van der Waals surface area contributed by atoms with Crippen LogP contribution in [0.1, 0.15) is 18.1 Å². The van der Waals surface area contributed by atoms with Gasteiger partial charge in [0.05, 0.1) is 17.3 Å². The molecule has 6 nitrogen and oxygen atoms in total. The predicted octanol–water partition coefficient (Wildman–Crippen LogP) is 4.58. The number of fused-ring (bicyclic) bond motifs is 1. The van der Waals surface area contributed by atoms with E-state index < -0.39 is 6.03 Å². The molecule has 0 atom stereocenters. The Hall–Kier alpha value is -3.06. The van der Waals surface area contributed by atoms with E-state index in [4.69, 9.17) is 15.2 Å². The van der Waals surface area contributed by atoms with Crippen LogP contribution >= 0.6 is 15.9 Å². The second kappa shape index (κ2) is 9.23. The first-order chi connectivity index (χ1) is 13.6. The first kappa shape index (κ1) is 19.7. The molecule has 0 unspecified atom stereocenters. The van der Waals surface area contributed by atoms with Crippen molar-refractivity contribution >= 4 is 38.9 Å². The summed E-state index contributed by atoms with van der Waals surface area (Å²) in [5.41, 5.74) is 8.98. The van der Waals surface area contributed by atoms with Crippen LogP contribution in [-0.4, -0.2) is 18.9 Å². The predicted molar refractivity (Wildman–Crippen MR) is 114 cm³/mol. The number of carbonyl (C=O) groups is 1. The van der Waals surface area contributed by atoms with Gasteiger partial charge in [-0.2, -0.15) is 5.10 Å². The Kier molecular flexibility index (Phi) is 6.49. The van der Waals surface area contributed by atoms with Crippen molar-refractivity contribution in [2.75, 3.05) is 6.61 Å². The number of amides is 2. The number of nitrogens with zero attached hydrogens (tertiary/aromatic N) is 1. The summed E-state index contributed by atoms with van der Waals surface area (Å²) in [5, 5.41) is 6.10. The van der Waals surface area contributed by atoms with E-state index in [0.29, 0.717) is 24.7 Å². The van der Waals surface area contributed by atoms with Crippen LogP contribution in [0.5, 0.6) is 11.5 Å². The summed E-state index contributed by atoms with van der Waals surface area (Å²) in [7, 11) is 0. The molecule has 0 saturated carbocycles. The molecule has 28 heavy (non-hydrogen) atoms. The van der Waals surface area contributed by atoms with Crippen LogP contribution in [0.3, 0.4) is 0 Å². The molecule has 3 aromatic carbocycles. The second-order valence-corrected chi connectivity index (χ2v) is 6.78. The van der Waals surface area contributed by atoms with Crippen LogP contribution in [0.2, 0.25) is 0 Å². The first-order valence-corrected chi connectivity index (χ1v) is 9.52. The van der Waals surface area contributed by atoms with Crippen LogP contribution < -0.4 is 20.6 Å². The van der Waals surface area contributed by atoms with Crippen LogP contribution in [0.15, 0.2) is 64.2 Å². The van der Waals surface area contributed by atoms with Gasteiger partial charge in [0.2, 0.25) is 0 Å². The number of urea groups is 1. The highest BCUT2D eigenvalue weighted by atomic mass is 79.9. The van der Waals surface area contributed by atoms with E-state index in [2.05, 4.69) is 44.7 Å². The molecule has 0 spiro atoms. The van der Waals surface area contributed by atoms with E-state index in [0.717, 1.165) is 21.0 Å². The van der Waals surface area contributed by atoms with Gasteiger partial charge in [-0.25, -0.2) is 10.2 Å². The summed E-state index contributed by atoms with van der Waals surface area (Å²) in [6.45, 7) is 2.78. The molecule has 2 amide bonds. The Balaban J connectivity index is 1.86. The van der Waals surface area contributed by atoms with E-state index in [-0.39, 0.29) is 0 Å². The number of nitrogens with one attached hydrogen (secondary N) is 1. The summed E-state index contributed by atoms with van der Waals surface area (Å²) in [5.74, 6) is 1.19. The number of nitrogens with two attached hydrogens (primary N) is 1. The number of primary amides is 1. The molecule has 0 aliphatic heterocycles. The van der Waals surface area contributed by atoms with Crippen LogP contribution in [0.25, 0.3) is 10.8 Å². The number of halogens is 1. The zero-order valence-electron chi connectivity index (χ0n) is 15.3. The summed E-state index contributed by atoms with van der Waals surface area (Å²) >= 11 is 3.53. The molecule has 144 valence electrons. The lowest BCUT2D eigenvalue weighted by molar-refractivity contribution is 0.249. The Morgan fingerprint density at radius 3 is 2.75 bits per heavy atom. The lowest BCUT2D eigenvalue weighted by atomic mass is 10.1. The quantitative estimate of drug-likeness (QED) is 0.415. The normalized spacial score (nSPS) is 10.9. The minimum atomic E-state index is -0.726. The van der Waals surface area contributed by atoms with E-state index in [9.17, 15) is 4.79 Å². The van der Waals surface area contributed by atoms with Crippen molar-refractivity contribution in [3.63, 3.8) is 0 Å². The van der Waals surface area contributed by atoms with Gasteiger partial charge in [-0.3, -0.25) is 0 Å². The zero-order chi connectivity index (χ0) is 19.9. The maximum atomic E-state index is 10.7. The van der Waals surface area contributed by atoms with E-state index >= 15 is 0 Å². The molecule has 0 heterocycles. The van der Waals surface area contributed by atoms with Crippen molar-refractivity contribution in [2.24, 2.45) is 10.8 Å². The highest BCUT2D eigenvalue weighted by Crippen LogP contribution is 2.37. The molecule has 0 saturated heterocycles. The molecule has 3 rings (SSSR count). The van der Waals surface area contributed by atoms with Gasteiger partial charge in [0, 0.05) is 0 Å². The largest absolute Gasteiger partial charge is 0.490 e. The van der Waals surface area contributed by atoms with Gasteiger partial charge < -0.3 is 15.2 Å². The first-order valence-electron chi connectivity index (χ1n) is 8.72. The van der Waals surface area contributed by atoms with Crippen molar-refractivity contribution in [3.8, 4) is 11.5 Å². The highest BCUT2D eigenvalue weighted by Gasteiger charge is 2.13. The molecule has 0 aromatic heterocycles. The number of benzene rings is 3. The smallest absolute Gasteiger partial charge is 0.332 e. The molecular formula is C21H20BrN3O3. The Bertz CT molecular complexity index is 1020. The van der Waals surface area contributed by atoms with Gasteiger partial charge >= 0.3 is 6.03 Å². The number of hydrogen-bond donors (Lipinski definition) is 2. The van der Waals surface area contributed by atoms with Crippen LogP contribution in [0.4, 0.5) is 4.79 Å². The Morgan fingerprint density at radius 2 is 1.96 bits per heavy atom. The van der Waals surface area contributed by atoms with Crippen molar-refractivity contribution in [2.45, 2.75) is 13.5 Å². The number of hydrogen-bond acceptors (Lipinski definition) is 4. The fourth-order valence-corrected chi connectivity index (χ4v) is 3.38. The standard InChI is InChI=1S/C21H20BrN3O3/c1-2-27-19-11-14(12-24-25-21(23)26)10-18(22)20(19)28-13-16-8-5-7-15-6-3-4-9-17(15)16/h3-12H,2,13H2,1H3,(H3,23,25,26)/b24-12-. The lowest BCUT2D eigenvalue weighted by Crippen LogP contribution is -2.24. The highest BCUT2D eigenvalue weighted by molar-refractivity contribution is 9.10. The van der Waals surface area contributed by atoms with Crippen LogP contribution in [0, 0.1) is 0 Å². The van der Waals surface area contributed by atoms with E-state index in [1.807, 2.05) is 37.3 Å². The molecule has 7 heteroatoms. The number of hydrazone groups is 1. The van der Waals surface area contributed by atoms with E-state index in [1.165, 1.54) is 11.6 Å². The summed E-state index contributed by atoms with van der Waals surface area (Å²) in [4.78, 5) is 10.7. The molecular weight excluding hydrogens is 422 g/mol.